The van der Waals surface area contributed by atoms with Crippen LogP contribution in [-0.2, 0) is 0 Å². The van der Waals surface area contributed by atoms with E-state index in [0.29, 0.717) is 12.1 Å². The van der Waals surface area contributed by atoms with Crippen LogP contribution < -0.4 is 5.32 Å². The summed E-state index contributed by atoms with van der Waals surface area (Å²) in [7, 11) is 0. The number of nitrogens with zero attached hydrogens (tertiary/aromatic N) is 2. The molecule has 96 valence electrons. The van der Waals surface area contributed by atoms with Gasteiger partial charge in [0.1, 0.15) is 0 Å². The molecule has 1 atom stereocenters. The lowest BCUT2D eigenvalue weighted by molar-refractivity contribution is 0.233. The Morgan fingerprint density at radius 1 is 1.47 bits per heavy atom. The lowest BCUT2D eigenvalue weighted by atomic mass is 10.1. The van der Waals surface area contributed by atoms with Crippen LogP contribution in [0.15, 0.2) is 12.4 Å². The third-order valence-electron chi connectivity index (χ3n) is 3.53. The summed E-state index contributed by atoms with van der Waals surface area (Å²) in [5, 5.41) is 17.3. The molecule has 0 bridgehead atoms. The second-order valence-corrected chi connectivity index (χ2v) is 5.23. The lowest BCUT2D eigenvalue weighted by Gasteiger charge is -2.20. The summed E-state index contributed by atoms with van der Waals surface area (Å²) in [5.74, 6) is 0. The Balaban J connectivity index is 2.00. The van der Waals surface area contributed by atoms with Crippen LogP contribution in [0.2, 0.25) is 0 Å². The maximum absolute atomic E-state index is 9.49. The first-order chi connectivity index (χ1) is 8.20. The molecule has 1 aliphatic rings. The maximum atomic E-state index is 9.49. The highest BCUT2D eigenvalue weighted by molar-refractivity contribution is 5.11. The third kappa shape index (κ3) is 3.07. The van der Waals surface area contributed by atoms with Gasteiger partial charge in [-0.25, -0.2) is 0 Å². The van der Waals surface area contributed by atoms with Crippen LogP contribution in [-0.4, -0.2) is 27.5 Å². The Labute approximate surface area is 103 Å². The van der Waals surface area contributed by atoms with Crippen molar-refractivity contribution in [3.05, 3.63) is 18.0 Å². The van der Waals surface area contributed by atoms with Crippen molar-refractivity contribution in [3.63, 3.8) is 0 Å². The molecule has 4 nitrogen and oxygen atoms in total. The highest BCUT2D eigenvalue weighted by atomic mass is 16.3. The number of rotatable bonds is 5. The molecule has 1 aromatic heterocycles. The van der Waals surface area contributed by atoms with Crippen molar-refractivity contribution in [2.24, 2.45) is 0 Å². The van der Waals surface area contributed by atoms with Crippen molar-refractivity contribution in [1.82, 2.24) is 15.1 Å². The Bertz CT molecular complexity index is 342. The summed E-state index contributed by atoms with van der Waals surface area (Å²) in [6, 6.07) is 0.967. The van der Waals surface area contributed by atoms with Crippen molar-refractivity contribution in [3.8, 4) is 0 Å². The lowest BCUT2D eigenvalue weighted by Crippen LogP contribution is -2.32. The van der Waals surface area contributed by atoms with Gasteiger partial charge in [-0.3, -0.25) is 4.68 Å². The summed E-state index contributed by atoms with van der Waals surface area (Å²) in [6.45, 7) is 4.35. The molecule has 2 rings (SSSR count). The average molecular weight is 237 g/mol. The van der Waals surface area contributed by atoms with E-state index in [1.165, 1.54) is 25.7 Å². The van der Waals surface area contributed by atoms with Gasteiger partial charge in [0.2, 0.25) is 0 Å². The molecule has 1 heterocycles. The summed E-state index contributed by atoms with van der Waals surface area (Å²) < 4.78 is 1.94. The summed E-state index contributed by atoms with van der Waals surface area (Å²) >= 11 is 0. The molecule has 0 radical (unpaired) electrons. The van der Waals surface area contributed by atoms with Gasteiger partial charge < -0.3 is 10.4 Å². The minimum atomic E-state index is 0.0330. The highest BCUT2D eigenvalue weighted by Gasteiger charge is 2.20. The van der Waals surface area contributed by atoms with Crippen LogP contribution in [0.25, 0.3) is 0 Å². The van der Waals surface area contributed by atoms with E-state index in [-0.39, 0.29) is 12.6 Å². The number of aromatic nitrogens is 2. The fourth-order valence-corrected chi connectivity index (χ4v) is 2.45. The van der Waals surface area contributed by atoms with Gasteiger partial charge in [-0.05, 0) is 26.7 Å². The van der Waals surface area contributed by atoms with E-state index in [2.05, 4.69) is 24.3 Å². The zero-order valence-corrected chi connectivity index (χ0v) is 10.8. The van der Waals surface area contributed by atoms with Crippen molar-refractivity contribution in [2.45, 2.75) is 57.7 Å². The number of hydrogen-bond acceptors (Lipinski definition) is 3. The summed E-state index contributed by atoms with van der Waals surface area (Å²) in [6.07, 6.45) is 8.97. The van der Waals surface area contributed by atoms with Gasteiger partial charge in [-0.15, -0.1) is 0 Å². The smallest absolute Gasteiger partial charge is 0.0627 e. The standard InChI is InChI=1S/C13H23N3O/c1-10(2)16-8-11(7-14-16)13(9-17)15-12-5-3-4-6-12/h7-8,10,12-13,15,17H,3-6,9H2,1-2H3. The van der Waals surface area contributed by atoms with E-state index in [1.807, 2.05) is 17.1 Å². The second-order valence-electron chi connectivity index (χ2n) is 5.23. The van der Waals surface area contributed by atoms with E-state index in [0.717, 1.165) is 5.56 Å². The monoisotopic (exact) mass is 237 g/mol. The van der Waals surface area contributed by atoms with Gasteiger partial charge in [-0.2, -0.15) is 5.10 Å². The molecule has 0 aromatic carbocycles. The zero-order valence-electron chi connectivity index (χ0n) is 10.8. The maximum Gasteiger partial charge on any atom is 0.0627 e. The zero-order chi connectivity index (χ0) is 12.3. The van der Waals surface area contributed by atoms with E-state index in [1.54, 1.807) is 0 Å². The van der Waals surface area contributed by atoms with Crippen molar-refractivity contribution < 1.29 is 5.11 Å². The first kappa shape index (κ1) is 12.6. The van der Waals surface area contributed by atoms with Gasteiger partial charge >= 0.3 is 0 Å². The van der Waals surface area contributed by atoms with Crippen LogP contribution in [0.4, 0.5) is 0 Å². The molecule has 1 aliphatic carbocycles. The largest absolute Gasteiger partial charge is 0.394 e. The fraction of sp³-hybridized carbons (Fsp3) is 0.769. The Kier molecular flexibility index (Phi) is 4.18. The van der Waals surface area contributed by atoms with E-state index in [9.17, 15) is 5.11 Å². The van der Waals surface area contributed by atoms with Crippen LogP contribution in [0.1, 0.15) is 57.2 Å². The van der Waals surface area contributed by atoms with Gasteiger partial charge in [0.05, 0.1) is 18.8 Å². The third-order valence-corrected chi connectivity index (χ3v) is 3.53. The van der Waals surface area contributed by atoms with Crippen LogP contribution in [0.3, 0.4) is 0 Å². The molecule has 1 unspecified atom stereocenters. The topological polar surface area (TPSA) is 50.1 Å². The van der Waals surface area contributed by atoms with Crippen LogP contribution in [0, 0.1) is 0 Å². The molecule has 17 heavy (non-hydrogen) atoms. The van der Waals surface area contributed by atoms with E-state index >= 15 is 0 Å². The second kappa shape index (κ2) is 5.65. The Morgan fingerprint density at radius 2 is 2.18 bits per heavy atom. The minimum absolute atomic E-state index is 0.0330. The normalized spacial score (nSPS) is 19.1. The SMILES string of the molecule is CC(C)n1cc(C(CO)NC2CCCC2)cn1. The first-order valence-corrected chi connectivity index (χ1v) is 6.61. The minimum Gasteiger partial charge on any atom is -0.394 e. The molecule has 4 heteroatoms. The summed E-state index contributed by atoms with van der Waals surface area (Å²) in [4.78, 5) is 0. The van der Waals surface area contributed by atoms with Gasteiger partial charge in [0.15, 0.2) is 0 Å². The number of hydrogen-bond donors (Lipinski definition) is 2. The molecule has 0 spiro atoms. The van der Waals surface area contributed by atoms with E-state index < -0.39 is 0 Å². The predicted octanol–water partition coefficient (Wildman–Crippen LogP) is 2.03. The molecule has 0 amide bonds. The Hall–Kier alpha value is -0.870. The quantitative estimate of drug-likeness (QED) is 0.824. The van der Waals surface area contributed by atoms with Gasteiger partial charge in [0, 0.05) is 23.8 Å². The molecular weight excluding hydrogens is 214 g/mol. The molecule has 0 saturated heterocycles. The average Bonchev–Trinajstić information content (AvgIpc) is 2.96. The molecule has 0 aliphatic heterocycles. The number of aliphatic hydroxyl groups excluding tert-OH is 1. The van der Waals surface area contributed by atoms with Gasteiger partial charge in [-0.1, -0.05) is 12.8 Å². The first-order valence-electron chi connectivity index (χ1n) is 6.61. The van der Waals surface area contributed by atoms with Gasteiger partial charge in [0.25, 0.3) is 0 Å². The van der Waals surface area contributed by atoms with Crippen molar-refractivity contribution in [2.75, 3.05) is 6.61 Å². The Morgan fingerprint density at radius 3 is 2.71 bits per heavy atom. The molecular formula is C13H23N3O. The fourth-order valence-electron chi connectivity index (χ4n) is 2.45. The highest BCUT2D eigenvalue weighted by Crippen LogP contribution is 2.22. The van der Waals surface area contributed by atoms with Crippen LogP contribution in [0.5, 0.6) is 0 Å². The van der Waals surface area contributed by atoms with E-state index in [4.69, 9.17) is 0 Å². The number of nitrogens with one attached hydrogen (secondary N) is 1. The van der Waals surface area contributed by atoms with Crippen molar-refractivity contribution in [1.29, 1.82) is 0 Å². The molecule has 1 aromatic rings. The van der Waals surface area contributed by atoms with Crippen molar-refractivity contribution >= 4 is 0 Å². The summed E-state index contributed by atoms with van der Waals surface area (Å²) in [5.41, 5.74) is 1.09. The molecule has 1 saturated carbocycles. The predicted molar refractivity (Wildman–Crippen MR) is 67.8 cm³/mol. The van der Waals surface area contributed by atoms with Crippen LogP contribution >= 0.6 is 0 Å². The molecule has 2 N–H and O–H groups in total. The number of aliphatic hydroxyl groups is 1. The molecule has 1 fully saturated rings.